The highest BCUT2D eigenvalue weighted by atomic mass is 32.2. The predicted molar refractivity (Wildman–Crippen MR) is 175 cm³/mol. The molecule has 0 bridgehead atoms. The van der Waals surface area contributed by atoms with Crippen molar-refractivity contribution in [2.24, 2.45) is 5.41 Å². The third kappa shape index (κ3) is 10.7. The van der Waals surface area contributed by atoms with Crippen LogP contribution in [0, 0.1) is 12.3 Å². The fraction of sp³-hybridized carbons (Fsp3) is 0.484. The first-order valence-electron chi connectivity index (χ1n) is 14.7. The molecule has 3 N–H and O–H groups in total. The minimum absolute atomic E-state index is 0.0462. The average Bonchev–Trinajstić information content (AvgIpc) is 3.35. The van der Waals surface area contributed by atoms with Gasteiger partial charge >= 0.3 is 12.2 Å². The van der Waals surface area contributed by atoms with E-state index in [4.69, 9.17) is 4.55 Å². The molecule has 0 atom stereocenters. The van der Waals surface area contributed by atoms with Gasteiger partial charge in [0, 0.05) is 43.1 Å². The summed E-state index contributed by atoms with van der Waals surface area (Å²) in [7, 11) is -3.67. The lowest BCUT2D eigenvalue weighted by Gasteiger charge is -2.38. The summed E-state index contributed by atoms with van der Waals surface area (Å²) >= 11 is 0. The van der Waals surface area contributed by atoms with E-state index in [0.717, 1.165) is 23.0 Å². The summed E-state index contributed by atoms with van der Waals surface area (Å²) in [6.07, 6.45) is -2.79. The van der Waals surface area contributed by atoms with Crippen molar-refractivity contribution in [2.75, 3.05) is 48.0 Å². The minimum atomic E-state index is -4.71. The van der Waals surface area contributed by atoms with Crippen LogP contribution >= 0.6 is 0 Å². The Morgan fingerprint density at radius 1 is 0.915 bits per heavy atom. The van der Waals surface area contributed by atoms with Gasteiger partial charge in [0.05, 0.1) is 29.5 Å². The van der Waals surface area contributed by atoms with Crippen LogP contribution in [0.25, 0.3) is 5.69 Å². The molecule has 47 heavy (non-hydrogen) atoms. The Labute approximate surface area is 273 Å². The highest BCUT2D eigenvalue weighted by molar-refractivity contribution is 7.85. The molecule has 3 heterocycles. The van der Waals surface area contributed by atoms with Crippen molar-refractivity contribution >= 4 is 39.4 Å². The molecule has 16 heteroatoms. The number of rotatable bonds is 4. The molecular weight excluding hydrogens is 639 g/mol. The monoisotopic (exact) mass is 681 g/mol. The van der Waals surface area contributed by atoms with Gasteiger partial charge in [-0.2, -0.15) is 26.7 Å². The van der Waals surface area contributed by atoms with E-state index < -0.39 is 33.3 Å². The van der Waals surface area contributed by atoms with Crippen LogP contribution in [-0.2, 0) is 26.5 Å². The highest BCUT2D eigenvalue weighted by Gasteiger charge is 2.38. The van der Waals surface area contributed by atoms with Crippen LogP contribution in [-0.4, -0.2) is 77.0 Å². The van der Waals surface area contributed by atoms with Crippen molar-refractivity contribution in [3.63, 3.8) is 0 Å². The molecule has 258 valence electrons. The second-order valence-corrected chi connectivity index (χ2v) is 14.8. The molecule has 0 radical (unpaired) electrons. The average molecular weight is 682 g/mol. The van der Waals surface area contributed by atoms with Crippen LogP contribution in [0.1, 0.15) is 58.4 Å². The smallest absolute Gasteiger partial charge is 0.353 e. The lowest BCUT2D eigenvalue weighted by Crippen LogP contribution is -2.52. The molecule has 1 aliphatic heterocycles. The van der Waals surface area contributed by atoms with Gasteiger partial charge < -0.3 is 15.1 Å². The molecule has 12 nitrogen and oxygen atoms in total. The zero-order valence-corrected chi connectivity index (χ0v) is 28.5. The normalized spacial score (nSPS) is 14.3. The molecule has 0 aliphatic carbocycles. The van der Waals surface area contributed by atoms with Crippen LogP contribution in [0.3, 0.4) is 0 Å². The third-order valence-electron chi connectivity index (χ3n) is 6.94. The Bertz CT molecular complexity index is 1680. The SMILES string of the molecule is CS(=O)(=O)O.Cc1ccc(-n2nc(C(C)(C)C)cc2NC(=O)Nc2cnc(N3CCN(C(=O)C(C)(C)C)CC3)c(C(F)(F)F)c2)cc1. The van der Waals surface area contributed by atoms with Gasteiger partial charge in [-0.15, -0.1) is 0 Å². The fourth-order valence-corrected chi connectivity index (χ4v) is 4.58. The number of benzene rings is 1. The second kappa shape index (κ2) is 13.9. The van der Waals surface area contributed by atoms with Crippen molar-refractivity contribution in [2.45, 2.75) is 60.1 Å². The van der Waals surface area contributed by atoms with Gasteiger partial charge in [-0.05, 0) is 25.1 Å². The summed E-state index contributed by atoms with van der Waals surface area (Å²) in [6, 6.07) is 9.47. The number of hydrogen-bond acceptors (Lipinski definition) is 7. The third-order valence-corrected chi connectivity index (χ3v) is 6.94. The van der Waals surface area contributed by atoms with E-state index >= 15 is 0 Å². The van der Waals surface area contributed by atoms with Crippen molar-refractivity contribution < 1.29 is 35.7 Å². The lowest BCUT2D eigenvalue weighted by molar-refractivity contribution is -0.140. The van der Waals surface area contributed by atoms with Crippen molar-refractivity contribution in [1.29, 1.82) is 0 Å². The standard InChI is InChI=1S/C30H38F3N7O2.CH4O3S/c1-19-8-10-21(11-9-19)40-24(17-23(37-40)28(2,3)4)36-27(42)35-20-16-22(30(31,32)33)25(34-18-20)38-12-14-39(15-13-38)26(41)29(5,6)7;1-5(2,3)4/h8-11,16-18H,12-15H2,1-7H3,(H2,35,36,42);1H3,(H,2,3,4). The summed E-state index contributed by atoms with van der Waals surface area (Å²) in [5.41, 5.74) is 0.561. The van der Waals surface area contributed by atoms with E-state index in [2.05, 4.69) is 20.7 Å². The first-order valence-corrected chi connectivity index (χ1v) is 16.6. The molecular formula is C31H42F3N7O5S. The quantitative estimate of drug-likeness (QED) is 0.296. The van der Waals surface area contributed by atoms with Crippen molar-refractivity contribution in [3.8, 4) is 5.69 Å². The number of nitrogens with one attached hydrogen (secondary N) is 2. The summed E-state index contributed by atoms with van der Waals surface area (Å²) in [4.78, 5) is 32.9. The number of aryl methyl sites for hydroxylation is 1. The summed E-state index contributed by atoms with van der Waals surface area (Å²) in [5, 5.41) is 9.87. The van der Waals surface area contributed by atoms with Gasteiger partial charge in [0.1, 0.15) is 17.2 Å². The van der Waals surface area contributed by atoms with E-state index in [0.29, 0.717) is 25.2 Å². The molecule has 1 aliphatic rings. The Morgan fingerprint density at radius 2 is 1.47 bits per heavy atom. The maximum absolute atomic E-state index is 14.1. The minimum Gasteiger partial charge on any atom is -0.353 e. The number of amides is 3. The second-order valence-electron chi connectivity index (χ2n) is 13.3. The predicted octanol–water partition coefficient (Wildman–Crippen LogP) is 5.73. The van der Waals surface area contributed by atoms with E-state index in [1.807, 2.05) is 72.7 Å². The number of alkyl halides is 3. The number of anilines is 3. The number of urea groups is 1. The van der Waals surface area contributed by atoms with Gasteiger partial charge in [0.25, 0.3) is 10.1 Å². The van der Waals surface area contributed by atoms with Gasteiger partial charge in [-0.1, -0.05) is 59.2 Å². The maximum Gasteiger partial charge on any atom is 0.420 e. The summed E-state index contributed by atoms with van der Waals surface area (Å²) in [5.74, 6) is 0.0863. The van der Waals surface area contributed by atoms with Crippen LogP contribution in [0.15, 0.2) is 42.6 Å². The molecule has 0 saturated carbocycles. The number of piperazine rings is 1. The largest absolute Gasteiger partial charge is 0.420 e. The molecule has 3 aromatic rings. The van der Waals surface area contributed by atoms with Crippen LogP contribution in [0.4, 0.5) is 35.3 Å². The topological polar surface area (TPSA) is 150 Å². The fourth-order valence-electron chi connectivity index (χ4n) is 4.58. The summed E-state index contributed by atoms with van der Waals surface area (Å²) < 4.78 is 69.9. The van der Waals surface area contributed by atoms with Crippen molar-refractivity contribution in [3.05, 3.63) is 59.4 Å². The molecule has 3 amide bonds. The number of carbonyl (C=O) groups excluding carboxylic acids is 2. The molecule has 2 aromatic heterocycles. The number of pyridine rings is 1. The number of aromatic nitrogens is 3. The van der Waals surface area contributed by atoms with Gasteiger partial charge in [-0.3, -0.25) is 14.7 Å². The van der Waals surface area contributed by atoms with Crippen LogP contribution in [0.2, 0.25) is 0 Å². The summed E-state index contributed by atoms with van der Waals surface area (Å²) in [6.45, 7) is 14.4. The van der Waals surface area contributed by atoms with E-state index in [-0.39, 0.29) is 35.9 Å². The lowest BCUT2D eigenvalue weighted by atomic mass is 9.92. The highest BCUT2D eigenvalue weighted by Crippen LogP contribution is 2.37. The van der Waals surface area contributed by atoms with E-state index in [1.54, 1.807) is 15.6 Å². The Kier molecular flexibility index (Phi) is 11.0. The van der Waals surface area contributed by atoms with Gasteiger partial charge in [0.2, 0.25) is 5.91 Å². The van der Waals surface area contributed by atoms with E-state index in [9.17, 15) is 31.2 Å². The first-order chi connectivity index (χ1) is 21.4. The Hall–Kier alpha value is -4.18. The van der Waals surface area contributed by atoms with Gasteiger partial charge in [0.15, 0.2) is 0 Å². The number of hydrogen-bond donors (Lipinski definition) is 3. The van der Waals surface area contributed by atoms with Gasteiger partial charge in [-0.25, -0.2) is 14.5 Å². The number of halogens is 3. The van der Waals surface area contributed by atoms with Crippen molar-refractivity contribution in [1.82, 2.24) is 19.7 Å². The van der Waals surface area contributed by atoms with Crippen LogP contribution in [0.5, 0.6) is 0 Å². The Balaban J connectivity index is 0.00000111. The molecule has 0 unspecified atom stereocenters. The zero-order valence-electron chi connectivity index (χ0n) is 27.7. The molecule has 0 spiro atoms. The number of nitrogens with zero attached hydrogens (tertiary/aromatic N) is 5. The Morgan fingerprint density at radius 3 is 1.96 bits per heavy atom. The maximum atomic E-state index is 14.1. The first kappa shape index (κ1) is 37.3. The van der Waals surface area contributed by atoms with Crippen LogP contribution < -0.4 is 15.5 Å². The van der Waals surface area contributed by atoms with E-state index in [1.165, 1.54) is 11.1 Å². The molecule has 1 saturated heterocycles. The molecule has 4 rings (SSSR count). The zero-order chi connectivity index (χ0) is 35.5. The molecule has 1 aromatic carbocycles. The molecule has 1 fully saturated rings. The number of carbonyl (C=O) groups is 2.